The number of fused-ring (bicyclic) bond motifs is 1. The van der Waals surface area contributed by atoms with Gasteiger partial charge in [-0.3, -0.25) is 9.69 Å². The fraction of sp³-hybridized carbons (Fsp3) is 0.312. The molecule has 1 spiro atoms. The summed E-state index contributed by atoms with van der Waals surface area (Å²) in [4.78, 5) is 30.2. The molecule has 6 nitrogen and oxygen atoms in total. The molecule has 1 N–H and O–H groups in total. The van der Waals surface area contributed by atoms with E-state index in [-0.39, 0.29) is 18.5 Å². The molecule has 2 aliphatic rings. The van der Waals surface area contributed by atoms with Crippen molar-refractivity contribution in [2.75, 3.05) is 0 Å². The van der Waals surface area contributed by atoms with Gasteiger partial charge >= 0.3 is 6.03 Å². The van der Waals surface area contributed by atoms with E-state index in [2.05, 4.69) is 10.3 Å². The van der Waals surface area contributed by atoms with Gasteiger partial charge in [0, 0.05) is 19.8 Å². The van der Waals surface area contributed by atoms with Gasteiger partial charge in [-0.05, 0) is 11.1 Å². The number of benzene rings is 1. The monoisotopic (exact) mass is 297 g/mol. The van der Waals surface area contributed by atoms with Crippen molar-refractivity contribution in [3.63, 3.8) is 0 Å². The molecule has 1 aliphatic carbocycles. The lowest BCUT2D eigenvalue weighted by atomic mass is 9.96. The van der Waals surface area contributed by atoms with Crippen molar-refractivity contribution in [3.05, 3.63) is 53.2 Å². The van der Waals surface area contributed by atoms with Gasteiger partial charge in [-0.2, -0.15) is 0 Å². The van der Waals surface area contributed by atoms with Crippen LogP contribution >= 0.6 is 0 Å². The Hall–Kier alpha value is -2.63. The molecule has 112 valence electrons. The van der Waals surface area contributed by atoms with Crippen LogP contribution in [0.5, 0.6) is 0 Å². The minimum atomic E-state index is -0.837. The lowest BCUT2D eigenvalue weighted by Gasteiger charge is -2.19. The van der Waals surface area contributed by atoms with E-state index in [1.165, 1.54) is 4.90 Å². The lowest BCUT2D eigenvalue weighted by Crippen LogP contribution is -2.47. The molecule has 22 heavy (non-hydrogen) atoms. The van der Waals surface area contributed by atoms with Gasteiger partial charge in [0.15, 0.2) is 5.89 Å². The van der Waals surface area contributed by atoms with Gasteiger partial charge in [0.1, 0.15) is 11.3 Å². The predicted octanol–water partition coefficient (Wildman–Crippen LogP) is 1.57. The number of oxazole rings is 1. The molecule has 1 aromatic carbocycles. The maximum atomic E-state index is 12.8. The molecule has 2 heterocycles. The van der Waals surface area contributed by atoms with Gasteiger partial charge in [0.05, 0.1) is 12.7 Å². The first-order valence-electron chi connectivity index (χ1n) is 7.20. The van der Waals surface area contributed by atoms with Crippen molar-refractivity contribution >= 4 is 11.9 Å². The molecule has 2 aromatic rings. The van der Waals surface area contributed by atoms with Crippen LogP contribution in [0.4, 0.5) is 4.79 Å². The van der Waals surface area contributed by atoms with Gasteiger partial charge < -0.3 is 9.73 Å². The third-order valence-electron chi connectivity index (χ3n) is 4.33. The fourth-order valence-corrected chi connectivity index (χ4v) is 3.31. The summed E-state index contributed by atoms with van der Waals surface area (Å²) >= 11 is 0. The molecular formula is C16H15N3O3. The van der Waals surface area contributed by atoms with E-state index in [4.69, 9.17) is 4.42 Å². The Labute approximate surface area is 127 Å². The molecule has 1 aliphatic heterocycles. The first-order valence-corrected chi connectivity index (χ1v) is 7.20. The quantitative estimate of drug-likeness (QED) is 0.854. The average molecular weight is 297 g/mol. The number of urea groups is 1. The largest absolute Gasteiger partial charge is 0.444 e. The number of amides is 3. The van der Waals surface area contributed by atoms with E-state index in [0.29, 0.717) is 24.5 Å². The standard InChI is InChI=1S/C16H15N3O3/c1-10-17-8-13(22-10)9-19-14(20)16(18-15(19)21)6-11-4-2-3-5-12(11)7-16/h2-5,8H,6-7,9H2,1H3,(H,18,21). The molecule has 1 aromatic heterocycles. The smallest absolute Gasteiger partial charge is 0.325 e. The molecule has 0 radical (unpaired) electrons. The number of aromatic nitrogens is 1. The summed E-state index contributed by atoms with van der Waals surface area (Å²) in [5.74, 6) is 0.835. The Bertz CT molecular complexity index is 755. The normalized spacial score (nSPS) is 18.9. The molecule has 4 rings (SSSR count). The highest BCUT2D eigenvalue weighted by molar-refractivity contribution is 6.07. The summed E-state index contributed by atoms with van der Waals surface area (Å²) in [6.07, 6.45) is 2.63. The van der Waals surface area contributed by atoms with Crippen LogP contribution in [0.25, 0.3) is 0 Å². The number of imide groups is 1. The van der Waals surface area contributed by atoms with E-state index < -0.39 is 5.54 Å². The molecule has 3 amide bonds. The van der Waals surface area contributed by atoms with Crippen LogP contribution in [0.1, 0.15) is 22.8 Å². The number of carbonyl (C=O) groups is 2. The highest BCUT2D eigenvalue weighted by Crippen LogP contribution is 2.35. The van der Waals surface area contributed by atoms with Crippen LogP contribution < -0.4 is 5.32 Å². The van der Waals surface area contributed by atoms with Crippen LogP contribution in [0.3, 0.4) is 0 Å². The maximum Gasteiger partial charge on any atom is 0.325 e. The van der Waals surface area contributed by atoms with Crippen molar-refractivity contribution in [2.24, 2.45) is 0 Å². The number of aryl methyl sites for hydroxylation is 1. The van der Waals surface area contributed by atoms with Gasteiger partial charge in [-0.1, -0.05) is 24.3 Å². The summed E-state index contributed by atoms with van der Waals surface area (Å²) < 4.78 is 5.37. The molecule has 0 saturated carbocycles. The van der Waals surface area contributed by atoms with Crippen LogP contribution in [0.15, 0.2) is 34.9 Å². The Kier molecular flexibility index (Phi) is 2.63. The molecule has 0 unspecified atom stereocenters. The number of nitrogens with zero attached hydrogens (tertiary/aromatic N) is 2. The van der Waals surface area contributed by atoms with Crippen molar-refractivity contribution in [2.45, 2.75) is 31.8 Å². The second-order valence-corrected chi connectivity index (χ2v) is 5.87. The zero-order chi connectivity index (χ0) is 15.3. The number of carbonyl (C=O) groups excluding carboxylic acids is 2. The fourth-order valence-electron chi connectivity index (χ4n) is 3.31. The zero-order valence-corrected chi connectivity index (χ0v) is 12.1. The predicted molar refractivity (Wildman–Crippen MR) is 76.9 cm³/mol. The molecule has 6 heteroatoms. The third-order valence-corrected chi connectivity index (χ3v) is 4.33. The summed E-state index contributed by atoms with van der Waals surface area (Å²) in [6, 6.07) is 7.55. The first-order chi connectivity index (χ1) is 10.6. The van der Waals surface area contributed by atoms with Gasteiger partial charge in [0.25, 0.3) is 5.91 Å². The Balaban J connectivity index is 1.61. The molecule has 1 fully saturated rings. The molecular weight excluding hydrogens is 282 g/mol. The van der Waals surface area contributed by atoms with Crippen molar-refractivity contribution in [1.82, 2.24) is 15.2 Å². The van der Waals surface area contributed by atoms with E-state index in [9.17, 15) is 9.59 Å². The zero-order valence-electron chi connectivity index (χ0n) is 12.1. The minimum absolute atomic E-state index is 0.115. The summed E-state index contributed by atoms with van der Waals surface area (Å²) in [5, 5.41) is 2.88. The van der Waals surface area contributed by atoms with E-state index >= 15 is 0 Å². The number of rotatable bonds is 2. The van der Waals surface area contributed by atoms with Crippen LogP contribution in [0.2, 0.25) is 0 Å². The average Bonchev–Trinajstić information content (AvgIpc) is 3.12. The Morgan fingerprint density at radius 2 is 1.95 bits per heavy atom. The van der Waals surface area contributed by atoms with Crippen LogP contribution in [0, 0.1) is 6.92 Å². The van der Waals surface area contributed by atoms with E-state index in [1.54, 1.807) is 13.1 Å². The second kappa shape index (κ2) is 4.43. The second-order valence-electron chi connectivity index (χ2n) is 5.87. The van der Waals surface area contributed by atoms with Crippen molar-refractivity contribution < 1.29 is 14.0 Å². The first kappa shape index (κ1) is 13.1. The lowest BCUT2D eigenvalue weighted by molar-refractivity contribution is -0.131. The number of nitrogens with one attached hydrogen (secondary N) is 1. The van der Waals surface area contributed by atoms with Gasteiger partial charge in [-0.25, -0.2) is 9.78 Å². The molecule has 0 bridgehead atoms. The number of hydrogen-bond acceptors (Lipinski definition) is 4. The van der Waals surface area contributed by atoms with Crippen LogP contribution in [-0.4, -0.2) is 27.4 Å². The number of hydrogen-bond donors (Lipinski definition) is 1. The summed E-state index contributed by atoms with van der Waals surface area (Å²) in [6.45, 7) is 1.84. The van der Waals surface area contributed by atoms with Crippen molar-refractivity contribution in [3.8, 4) is 0 Å². The van der Waals surface area contributed by atoms with Gasteiger partial charge in [-0.15, -0.1) is 0 Å². The van der Waals surface area contributed by atoms with Gasteiger partial charge in [0.2, 0.25) is 0 Å². The summed E-state index contributed by atoms with van der Waals surface area (Å²) in [5.41, 5.74) is 1.40. The molecule has 1 saturated heterocycles. The minimum Gasteiger partial charge on any atom is -0.444 e. The Morgan fingerprint density at radius 3 is 2.55 bits per heavy atom. The maximum absolute atomic E-state index is 12.8. The van der Waals surface area contributed by atoms with E-state index in [1.807, 2.05) is 24.3 Å². The third kappa shape index (κ3) is 1.83. The van der Waals surface area contributed by atoms with Crippen molar-refractivity contribution in [1.29, 1.82) is 0 Å². The molecule has 0 atom stereocenters. The Morgan fingerprint density at radius 1 is 1.27 bits per heavy atom. The SMILES string of the molecule is Cc1ncc(CN2C(=O)NC3(Cc4ccccc4C3)C2=O)o1. The van der Waals surface area contributed by atoms with Crippen LogP contribution in [-0.2, 0) is 24.2 Å². The highest BCUT2D eigenvalue weighted by Gasteiger charge is 2.54. The summed E-state index contributed by atoms with van der Waals surface area (Å²) in [7, 11) is 0. The highest BCUT2D eigenvalue weighted by atomic mass is 16.4. The van der Waals surface area contributed by atoms with E-state index in [0.717, 1.165) is 11.1 Å². The topological polar surface area (TPSA) is 75.4 Å².